The molecule has 1 aromatic carbocycles. The lowest BCUT2D eigenvalue weighted by Crippen LogP contribution is -2.36. The van der Waals surface area contributed by atoms with Crippen molar-refractivity contribution < 1.29 is 9.84 Å². The second-order valence-corrected chi connectivity index (χ2v) is 5.26. The molecule has 0 radical (unpaired) electrons. The van der Waals surface area contributed by atoms with E-state index in [9.17, 15) is 0 Å². The zero-order chi connectivity index (χ0) is 14.2. The summed E-state index contributed by atoms with van der Waals surface area (Å²) in [6.45, 7) is 6.86. The maximum Gasteiger partial charge on any atom is 0.0642 e. The van der Waals surface area contributed by atoms with Crippen LogP contribution in [-0.2, 0) is 11.3 Å². The first-order chi connectivity index (χ1) is 9.83. The molecular formula is C16H26N2O2. The lowest BCUT2D eigenvalue weighted by molar-refractivity contribution is 0.122. The van der Waals surface area contributed by atoms with Crippen LogP contribution in [0.15, 0.2) is 24.3 Å². The first-order valence-electron chi connectivity index (χ1n) is 7.59. The van der Waals surface area contributed by atoms with E-state index < -0.39 is 0 Å². The molecule has 0 amide bonds. The molecule has 1 fully saturated rings. The number of ether oxygens (including phenoxy) is 1. The van der Waals surface area contributed by atoms with Crippen LogP contribution in [0.3, 0.4) is 0 Å². The predicted molar refractivity (Wildman–Crippen MR) is 82.1 cm³/mol. The van der Waals surface area contributed by atoms with Crippen molar-refractivity contribution in [2.45, 2.75) is 32.4 Å². The fourth-order valence-electron chi connectivity index (χ4n) is 2.51. The highest BCUT2D eigenvalue weighted by Gasteiger charge is 2.11. The van der Waals surface area contributed by atoms with Crippen LogP contribution in [-0.4, -0.2) is 44.1 Å². The number of aliphatic hydroxyl groups excluding tert-OH is 1. The van der Waals surface area contributed by atoms with Crippen molar-refractivity contribution in [3.05, 3.63) is 29.8 Å². The number of nitrogens with zero attached hydrogens (tertiary/aromatic N) is 1. The molecule has 1 heterocycles. The molecule has 20 heavy (non-hydrogen) atoms. The average Bonchev–Trinajstić information content (AvgIpc) is 2.53. The summed E-state index contributed by atoms with van der Waals surface area (Å²) in [5.41, 5.74) is 2.57. The number of anilines is 1. The van der Waals surface area contributed by atoms with Gasteiger partial charge in [-0.15, -0.1) is 0 Å². The third-order valence-electron chi connectivity index (χ3n) is 3.88. The zero-order valence-corrected chi connectivity index (χ0v) is 12.3. The minimum atomic E-state index is 0.251. The van der Waals surface area contributed by atoms with Gasteiger partial charge in [0.15, 0.2) is 0 Å². The molecule has 1 aromatic rings. The zero-order valence-electron chi connectivity index (χ0n) is 12.3. The summed E-state index contributed by atoms with van der Waals surface area (Å²) in [6.07, 6.45) is 1.87. The molecule has 112 valence electrons. The highest BCUT2D eigenvalue weighted by Crippen LogP contribution is 2.16. The monoisotopic (exact) mass is 278 g/mol. The lowest BCUT2D eigenvalue weighted by atomic mass is 10.1. The molecule has 4 nitrogen and oxygen atoms in total. The Labute approximate surface area is 121 Å². The summed E-state index contributed by atoms with van der Waals surface area (Å²) in [5, 5.41) is 12.5. The van der Waals surface area contributed by atoms with Crippen LogP contribution in [0.1, 0.15) is 25.3 Å². The molecule has 1 aliphatic rings. The molecule has 2 N–H and O–H groups in total. The van der Waals surface area contributed by atoms with Gasteiger partial charge in [0.1, 0.15) is 0 Å². The Morgan fingerprint density at radius 1 is 1.25 bits per heavy atom. The SMILES string of the molecule is CCC(CCO)NCc1ccc(N2CCOCC2)cc1. The minimum Gasteiger partial charge on any atom is -0.396 e. The van der Waals surface area contributed by atoms with E-state index in [1.54, 1.807) is 0 Å². The number of hydrogen-bond acceptors (Lipinski definition) is 4. The molecule has 1 atom stereocenters. The molecule has 0 saturated carbocycles. The van der Waals surface area contributed by atoms with Crippen LogP contribution in [0.4, 0.5) is 5.69 Å². The summed E-state index contributed by atoms with van der Waals surface area (Å²) in [7, 11) is 0. The molecule has 1 aliphatic heterocycles. The van der Waals surface area contributed by atoms with Gasteiger partial charge < -0.3 is 20.1 Å². The van der Waals surface area contributed by atoms with E-state index >= 15 is 0 Å². The van der Waals surface area contributed by atoms with Gasteiger partial charge in [0.2, 0.25) is 0 Å². The van der Waals surface area contributed by atoms with Gasteiger partial charge in [0.25, 0.3) is 0 Å². The highest BCUT2D eigenvalue weighted by molar-refractivity contribution is 5.47. The molecule has 1 unspecified atom stereocenters. The van der Waals surface area contributed by atoms with Crippen LogP contribution in [0.25, 0.3) is 0 Å². The van der Waals surface area contributed by atoms with E-state index in [0.717, 1.165) is 45.7 Å². The van der Waals surface area contributed by atoms with Gasteiger partial charge in [0, 0.05) is 38.0 Å². The summed E-state index contributed by atoms with van der Waals surface area (Å²) in [4.78, 5) is 2.36. The van der Waals surface area contributed by atoms with Crippen molar-refractivity contribution in [3.63, 3.8) is 0 Å². The molecule has 0 aliphatic carbocycles. The normalized spacial score (nSPS) is 17.2. The molecule has 2 rings (SSSR count). The average molecular weight is 278 g/mol. The van der Waals surface area contributed by atoms with Gasteiger partial charge in [-0.25, -0.2) is 0 Å². The van der Waals surface area contributed by atoms with E-state index in [2.05, 4.69) is 41.4 Å². The van der Waals surface area contributed by atoms with E-state index in [1.807, 2.05) is 0 Å². The van der Waals surface area contributed by atoms with Gasteiger partial charge in [-0.2, -0.15) is 0 Å². The number of nitrogens with one attached hydrogen (secondary N) is 1. The number of morpholine rings is 1. The van der Waals surface area contributed by atoms with Gasteiger partial charge >= 0.3 is 0 Å². The Hall–Kier alpha value is -1.10. The summed E-state index contributed by atoms with van der Waals surface area (Å²) >= 11 is 0. The third kappa shape index (κ3) is 4.47. The van der Waals surface area contributed by atoms with E-state index in [0.29, 0.717) is 6.04 Å². The van der Waals surface area contributed by atoms with Crippen LogP contribution in [0, 0.1) is 0 Å². The Bertz CT molecular complexity index is 375. The second-order valence-electron chi connectivity index (χ2n) is 5.26. The summed E-state index contributed by atoms with van der Waals surface area (Å²) < 4.78 is 5.37. The minimum absolute atomic E-state index is 0.251. The molecule has 0 spiro atoms. The second kappa shape index (κ2) is 8.25. The van der Waals surface area contributed by atoms with Crippen molar-refractivity contribution in [2.75, 3.05) is 37.8 Å². The maximum absolute atomic E-state index is 8.99. The van der Waals surface area contributed by atoms with Crippen molar-refractivity contribution in [3.8, 4) is 0 Å². The third-order valence-corrected chi connectivity index (χ3v) is 3.88. The van der Waals surface area contributed by atoms with Crippen LogP contribution in [0.2, 0.25) is 0 Å². The fraction of sp³-hybridized carbons (Fsp3) is 0.625. The van der Waals surface area contributed by atoms with Gasteiger partial charge in [-0.05, 0) is 30.5 Å². The Morgan fingerprint density at radius 3 is 2.55 bits per heavy atom. The Morgan fingerprint density at radius 2 is 1.95 bits per heavy atom. The van der Waals surface area contributed by atoms with Crippen LogP contribution < -0.4 is 10.2 Å². The van der Waals surface area contributed by atoms with Crippen molar-refractivity contribution in [1.82, 2.24) is 5.32 Å². The number of benzene rings is 1. The highest BCUT2D eigenvalue weighted by atomic mass is 16.5. The van der Waals surface area contributed by atoms with Gasteiger partial charge in [0.05, 0.1) is 13.2 Å². The molecule has 1 saturated heterocycles. The lowest BCUT2D eigenvalue weighted by Gasteiger charge is -2.29. The standard InChI is InChI=1S/C16H26N2O2/c1-2-15(7-10-19)17-13-14-3-5-16(6-4-14)18-8-11-20-12-9-18/h3-6,15,17,19H,2,7-13H2,1H3. The quantitative estimate of drug-likeness (QED) is 0.798. The smallest absolute Gasteiger partial charge is 0.0642 e. The summed E-state index contributed by atoms with van der Waals surface area (Å²) in [6, 6.07) is 9.15. The fourth-order valence-corrected chi connectivity index (χ4v) is 2.51. The van der Waals surface area contributed by atoms with E-state index in [4.69, 9.17) is 9.84 Å². The first kappa shape index (κ1) is 15.3. The van der Waals surface area contributed by atoms with Crippen LogP contribution >= 0.6 is 0 Å². The van der Waals surface area contributed by atoms with Crippen LogP contribution in [0.5, 0.6) is 0 Å². The topological polar surface area (TPSA) is 44.7 Å². The number of aliphatic hydroxyl groups is 1. The van der Waals surface area contributed by atoms with Crippen molar-refractivity contribution >= 4 is 5.69 Å². The first-order valence-corrected chi connectivity index (χ1v) is 7.59. The molecule has 4 heteroatoms. The summed E-state index contributed by atoms with van der Waals surface area (Å²) in [5.74, 6) is 0. The van der Waals surface area contributed by atoms with E-state index in [-0.39, 0.29) is 6.61 Å². The van der Waals surface area contributed by atoms with Gasteiger partial charge in [-0.1, -0.05) is 19.1 Å². The van der Waals surface area contributed by atoms with Crippen molar-refractivity contribution in [1.29, 1.82) is 0 Å². The van der Waals surface area contributed by atoms with Gasteiger partial charge in [-0.3, -0.25) is 0 Å². The largest absolute Gasteiger partial charge is 0.396 e. The number of hydrogen-bond donors (Lipinski definition) is 2. The molecule has 0 bridgehead atoms. The Kier molecular flexibility index (Phi) is 6.30. The molecule has 0 aromatic heterocycles. The van der Waals surface area contributed by atoms with Crippen molar-refractivity contribution in [2.24, 2.45) is 0 Å². The Balaban J connectivity index is 1.84. The maximum atomic E-state index is 8.99. The number of rotatable bonds is 7. The predicted octanol–water partition coefficient (Wildman–Crippen LogP) is 1.77. The van der Waals surface area contributed by atoms with E-state index in [1.165, 1.54) is 11.3 Å². The molecular weight excluding hydrogens is 252 g/mol.